The topological polar surface area (TPSA) is 124 Å². The zero-order valence-electron chi connectivity index (χ0n) is 6.84. The molecule has 0 aromatic rings. The van der Waals surface area contributed by atoms with Gasteiger partial charge in [-0.2, -0.15) is 5.26 Å². The highest BCUT2D eigenvalue weighted by molar-refractivity contribution is 5.77. The quantitative estimate of drug-likeness (QED) is 0.154. The summed E-state index contributed by atoms with van der Waals surface area (Å²) < 4.78 is 0. The first-order chi connectivity index (χ1) is 6.91. The SMILES string of the molecule is N#CC#CN=NNC#C/C=N/N=N/N. The molecule has 0 saturated heterocycles. The van der Waals surface area contributed by atoms with Gasteiger partial charge in [0.1, 0.15) is 6.21 Å². The standard InChI is InChI=1S/C6H4N8/c7-3-1-4-9-13-10-5-2-6-11-14-12-8/h6H,(H2,8,14)(H,9,10)/b11-6+. The average molecular weight is 188 g/mol. The average Bonchev–Trinajstić information content (AvgIpc) is 2.21. The summed E-state index contributed by atoms with van der Waals surface area (Å²) in [7, 11) is 0. The van der Waals surface area contributed by atoms with Crippen LogP contribution >= 0.6 is 0 Å². The van der Waals surface area contributed by atoms with Crippen molar-refractivity contribution < 1.29 is 0 Å². The second-order valence-corrected chi connectivity index (χ2v) is 1.38. The Balaban J connectivity index is 3.73. The molecule has 14 heavy (non-hydrogen) atoms. The van der Waals surface area contributed by atoms with E-state index in [9.17, 15) is 0 Å². The molecule has 0 radical (unpaired) electrons. The van der Waals surface area contributed by atoms with Crippen molar-refractivity contribution in [3.8, 4) is 30.0 Å². The number of hydrogen-bond acceptors (Lipinski definition) is 5. The molecular formula is C6H4N8. The summed E-state index contributed by atoms with van der Waals surface area (Å²) in [5.41, 5.74) is 2.21. The summed E-state index contributed by atoms with van der Waals surface area (Å²) in [5.74, 6) is 9.03. The lowest BCUT2D eigenvalue weighted by molar-refractivity contribution is 0.908. The van der Waals surface area contributed by atoms with E-state index < -0.39 is 0 Å². The maximum atomic E-state index is 7.97. The van der Waals surface area contributed by atoms with Gasteiger partial charge in [-0.1, -0.05) is 15.6 Å². The first kappa shape index (κ1) is 11.1. The lowest BCUT2D eigenvalue weighted by Gasteiger charge is -1.75. The summed E-state index contributed by atoms with van der Waals surface area (Å²) >= 11 is 0. The third kappa shape index (κ3) is 9.08. The van der Waals surface area contributed by atoms with Gasteiger partial charge in [0, 0.05) is 12.0 Å². The molecular weight excluding hydrogens is 184 g/mol. The third-order valence-electron chi connectivity index (χ3n) is 0.615. The molecule has 0 amide bonds. The van der Waals surface area contributed by atoms with Crippen molar-refractivity contribution in [2.45, 2.75) is 0 Å². The molecule has 0 spiro atoms. The van der Waals surface area contributed by atoms with E-state index in [-0.39, 0.29) is 0 Å². The van der Waals surface area contributed by atoms with Crippen molar-refractivity contribution in [3.05, 3.63) is 0 Å². The van der Waals surface area contributed by atoms with Gasteiger partial charge in [0.15, 0.2) is 6.07 Å². The van der Waals surface area contributed by atoms with Crippen LogP contribution < -0.4 is 11.3 Å². The van der Waals surface area contributed by atoms with Gasteiger partial charge in [-0.25, -0.2) is 5.43 Å². The lowest BCUT2D eigenvalue weighted by atomic mass is 10.7. The summed E-state index contributed by atoms with van der Waals surface area (Å²) in [4.78, 5) is 0. The monoisotopic (exact) mass is 188 g/mol. The Bertz CT molecular complexity index is 390. The lowest BCUT2D eigenvalue weighted by Crippen LogP contribution is -1.90. The van der Waals surface area contributed by atoms with Gasteiger partial charge in [-0.05, 0) is 11.1 Å². The molecule has 0 atom stereocenters. The number of nitrogens with one attached hydrogen (secondary N) is 1. The van der Waals surface area contributed by atoms with E-state index >= 15 is 0 Å². The molecule has 0 rings (SSSR count). The van der Waals surface area contributed by atoms with Gasteiger partial charge in [0.05, 0.1) is 6.04 Å². The Labute approximate surface area is 79.5 Å². The molecule has 0 aromatic carbocycles. The molecule has 0 aromatic heterocycles. The van der Waals surface area contributed by atoms with Crippen molar-refractivity contribution >= 4 is 6.21 Å². The minimum Gasteiger partial charge on any atom is -0.303 e. The van der Waals surface area contributed by atoms with Gasteiger partial charge in [0.2, 0.25) is 0 Å². The van der Waals surface area contributed by atoms with Crippen LogP contribution in [0.15, 0.2) is 25.9 Å². The first-order valence-corrected chi connectivity index (χ1v) is 3.08. The number of nitriles is 1. The Hall–Kier alpha value is -2.92. The van der Waals surface area contributed by atoms with Gasteiger partial charge in [-0.15, -0.1) is 5.10 Å². The molecule has 0 unspecified atom stereocenters. The van der Waals surface area contributed by atoms with Crippen LogP contribution in [-0.4, -0.2) is 6.21 Å². The Kier molecular flexibility index (Phi) is 7.98. The maximum absolute atomic E-state index is 7.97. The van der Waals surface area contributed by atoms with Gasteiger partial charge < -0.3 is 5.84 Å². The fraction of sp³-hybridized carbons (Fsp3) is 0. The summed E-state index contributed by atoms with van der Waals surface area (Å²) in [6, 6.07) is 5.96. The Morgan fingerprint density at radius 3 is 3.00 bits per heavy atom. The van der Waals surface area contributed by atoms with Gasteiger partial charge in [0.25, 0.3) is 0 Å². The van der Waals surface area contributed by atoms with Crippen LogP contribution in [0.2, 0.25) is 0 Å². The molecule has 8 nitrogen and oxygen atoms in total. The number of nitrogens with zero attached hydrogens (tertiary/aromatic N) is 6. The smallest absolute Gasteiger partial charge is 0.154 e. The first-order valence-electron chi connectivity index (χ1n) is 3.08. The van der Waals surface area contributed by atoms with Crippen molar-refractivity contribution in [3.63, 3.8) is 0 Å². The van der Waals surface area contributed by atoms with E-state index in [1.54, 1.807) is 6.07 Å². The number of nitrogens with two attached hydrogens (primary N) is 1. The van der Waals surface area contributed by atoms with Crippen LogP contribution in [0.1, 0.15) is 0 Å². The van der Waals surface area contributed by atoms with E-state index in [1.807, 2.05) is 5.92 Å². The van der Waals surface area contributed by atoms with Crippen LogP contribution in [0.25, 0.3) is 0 Å². The molecule has 0 aliphatic carbocycles. The van der Waals surface area contributed by atoms with E-state index in [4.69, 9.17) is 5.26 Å². The Morgan fingerprint density at radius 2 is 2.29 bits per heavy atom. The molecule has 0 fully saturated rings. The van der Waals surface area contributed by atoms with E-state index in [2.05, 4.69) is 55.2 Å². The van der Waals surface area contributed by atoms with Gasteiger partial charge >= 0.3 is 0 Å². The van der Waals surface area contributed by atoms with Crippen molar-refractivity contribution in [2.24, 2.45) is 31.7 Å². The number of hydrogen-bond donors (Lipinski definition) is 2. The molecule has 68 valence electrons. The maximum Gasteiger partial charge on any atom is 0.154 e. The zero-order chi connectivity index (χ0) is 10.5. The van der Waals surface area contributed by atoms with Crippen LogP contribution in [0.3, 0.4) is 0 Å². The predicted molar refractivity (Wildman–Crippen MR) is 46.7 cm³/mol. The summed E-state index contributed by atoms with van der Waals surface area (Å²) in [5, 5.41) is 23.6. The summed E-state index contributed by atoms with van der Waals surface area (Å²) in [6.45, 7) is 0. The van der Waals surface area contributed by atoms with Gasteiger partial charge in [-0.3, -0.25) is 0 Å². The largest absolute Gasteiger partial charge is 0.303 e. The van der Waals surface area contributed by atoms with Crippen LogP contribution in [0, 0.1) is 35.3 Å². The predicted octanol–water partition coefficient (Wildman–Crippen LogP) is -0.300. The van der Waals surface area contributed by atoms with Crippen LogP contribution in [-0.2, 0) is 0 Å². The highest BCUT2D eigenvalue weighted by Crippen LogP contribution is 1.66. The fourth-order valence-corrected chi connectivity index (χ4v) is 0.274. The molecule has 0 aliphatic heterocycles. The second-order valence-electron chi connectivity index (χ2n) is 1.38. The minimum atomic E-state index is 1.15. The van der Waals surface area contributed by atoms with Crippen molar-refractivity contribution in [2.75, 3.05) is 0 Å². The molecule has 0 bridgehead atoms. The number of rotatable bonds is 2. The molecule has 0 saturated carbocycles. The minimum absolute atomic E-state index is 1.15. The molecule has 8 heteroatoms. The van der Waals surface area contributed by atoms with Crippen molar-refractivity contribution in [1.82, 2.24) is 5.43 Å². The van der Waals surface area contributed by atoms with Crippen LogP contribution in [0.5, 0.6) is 0 Å². The fourth-order valence-electron chi connectivity index (χ4n) is 0.274. The van der Waals surface area contributed by atoms with E-state index in [0.717, 1.165) is 6.21 Å². The second kappa shape index (κ2) is 10.1. The molecule has 0 heterocycles. The molecule has 3 N–H and O–H groups in total. The summed E-state index contributed by atoms with van der Waals surface area (Å²) in [6.07, 6.45) is 1.15. The molecule has 0 aliphatic rings. The normalized spacial score (nSPS) is 9.07. The third-order valence-corrected chi connectivity index (χ3v) is 0.615. The van der Waals surface area contributed by atoms with E-state index in [0.29, 0.717) is 0 Å². The zero-order valence-corrected chi connectivity index (χ0v) is 6.84. The Morgan fingerprint density at radius 1 is 1.43 bits per heavy atom. The highest BCUT2D eigenvalue weighted by Gasteiger charge is 1.64. The van der Waals surface area contributed by atoms with E-state index in [1.165, 1.54) is 0 Å². The van der Waals surface area contributed by atoms with Crippen LogP contribution in [0.4, 0.5) is 0 Å². The highest BCUT2D eigenvalue weighted by atomic mass is 15.5. The van der Waals surface area contributed by atoms with Crippen molar-refractivity contribution in [1.29, 1.82) is 5.26 Å².